The Kier molecular flexibility index (Phi) is 3.86. The fraction of sp³-hybridized carbons (Fsp3) is 0.250. The first-order chi connectivity index (χ1) is 13.1. The van der Waals surface area contributed by atoms with Gasteiger partial charge in [-0.15, -0.1) is 10.2 Å². The van der Waals surface area contributed by atoms with Crippen LogP contribution in [0.25, 0.3) is 16.7 Å². The Bertz CT molecular complexity index is 1190. The van der Waals surface area contributed by atoms with E-state index in [1.807, 2.05) is 23.5 Å². The standard InChI is InChI=1S/C20H17BrFN5/c1-12-24-25-20-23-19(18-15(22)8-5-10-17(18)27(12)20)26-11-3-2-6-13-14(21)7-4-9-16(13)26/h4-5,7-10H,2-3,6,11H2,1H3. The fourth-order valence-corrected chi connectivity index (χ4v) is 4.49. The summed E-state index contributed by atoms with van der Waals surface area (Å²) in [7, 11) is 0. The summed E-state index contributed by atoms with van der Waals surface area (Å²) in [6.45, 7) is 2.63. The first kappa shape index (κ1) is 16.6. The van der Waals surface area contributed by atoms with Crippen LogP contribution in [-0.2, 0) is 6.42 Å². The van der Waals surface area contributed by atoms with Crippen molar-refractivity contribution in [2.45, 2.75) is 26.2 Å². The zero-order chi connectivity index (χ0) is 18.5. The molecule has 1 aliphatic heterocycles. The zero-order valence-corrected chi connectivity index (χ0v) is 16.4. The van der Waals surface area contributed by atoms with E-state index >= 15 is 0 Å². The second kappa shape index (κ2) is 6.27. The summed E-state index contributed by atoms with van der Waals surface area (Å²) in [5.41, 5.74) is 3.04. The average molecular weight is 426 g/mol. The number of rotatable bonds is 1. The van der Waals surface area contributed by atoms with Gasteiger partial charge >= 0.3 is 0 Å². The molecule has 0 N–H and O–H groups in total. The van der Waals surface area contributed by atoms with Gasteiger partial charge in [0.1, 0.15) is 17.5 Å². The molecule has 0 unspecified atom stereocenters. The van der Waals surface area contributed by atoms with Gasteiger partial charge in [0.2, 0.25) is 0 Å². The molecule has 1 aliphatic rings. The maximum Gasteiger partial charge on any atom is 0.257 e. The minimum absolute atomic E-state index is 0.286. The normalized spacial score (nSPS) is 14.6. The number of anilines is 2. The van der Waals surface area contributed by atoms with E-state index in [2.05, 4.69) is 43.2 Å². The van der Waals surface area contributed by atoms with Gasteiger partial charge in [0.15, 0.2) is 0 Å². The van der Waals surface area contributed by atoms with E-state index in [4.69, 9.17) is 4.98 Å². The minimum Gasteiger partial charge on any atom is -0.325 e. The van der Waals surface area contributed by atoms with Crippen LogP contribution in [0.5, 0.6) is 0 Å². The third kappa shape index (κ3) is 2.52. The monoisotopic (exact) mass is 425 g/mol. The zero-order valence-electron chi connectivity index (χ0n) is 14.8. The van der Waals surface area contributed by atoms with Crippen molar-refractivity contribution >= 4 is 44.1 Å². The minimum atomic E-state index is -0.286. The van der Waals surface area contributed by atoms with E-state index in [0.717, 1.165) is 41.5 Å². The number of aryl methyl sites for hydroxylation is 1. The maximum atomic E-state index is 15.0. The van der Waals surface area contributed by atoms with Gasteiger partial charge in [-0.05, 0) is 56.0 Å². The largest absolute Gasteiger partial charge is 0.325 e. The van der Waals surface area contributed by atoms with E-state index in [-0.39, 0.29) is 5.82 Å². The number of aromatic nitrogens is 4. The average Bonchev–Trinajstić information content (AvgIpc) is 2.90. The molecular formula is C20H17BrFN5. The second-order valence-corrected chi connectivity index (χ2v) is 7.65. The molecule has 0 atom stereocenters. The molecule has 0 saturated carbocycles. The van der Waals surface area contributed by atoms with Gasteiger partial charge in [0.25, 0.3) is 5.78 Å². The topological polar surface area (TPSA) is 46.3 Å². The van der Waals surface area contributed by atoms with Gasteiger partial charge in [-0.2, -0.15) is 4.98 Å². The van der Waals surface area contributed by atoms with E-state index < -0.39 is 0 Å². The van der Waals surface area contributed by atoms with Crippen molar-refractivity contribution in [3.8, 4) is 0 Å². The van der Waals surface area contributed by atoms with Crippen LogP contribution in [0.2, 0.25) is 0 Å². The third-order valence-corrected chi connectivity index (χ3v) is 5.91. The van der Waals surface area contributed by atoms with Gasteiger partial charge in [0, 0.05) is 16.7 Å². The first-order valence-corrected chi connectivity index (χ1v) is 9.79. The molecule has 2 aromatic heterocycles. The Balaban J connectivity index is 1.87. The number of benzene rings is 2. The van der Waals surface area contributed by atoms with E-state index in [9.17, 15) is 4.39 Å². The van der Waals surface area contributed by atoms with Crippen LogP contribution in [0.4, 0.5) is 15.9 Å². The molecule has 7 heteroatoms. The van der Waals surface area contributed by atoms with Crippen molar-refractivity contribution < 1.29 is 4.39 Å². The van der Waals surface area contributed by atoms with Gasteiger partial charge in [-0.25, -0.2) is 4.39 Å². The molecule has 5 nitrogen and oxygen atoms in total. The van der Waals surface area contributed by atoms with Crippen molar-refractivity contribution in [2.75, 3.05) is 11.4 Å². The SMILES string of the molecule is Cc1nnc2nc(N3CCCCc4c(Br)cccc43)c3c(F)cccc3n12. The Morgan fingerprint density at radius 3 is 2.81 bits per heavy atom. The summed E-state index contributed by atoms with van der Waals surface area (Å²) in [5, 5.41) is 8.84. The fourth-order valence-electron chi connectivity index (χ4n) is 3.93. The molecule has 0 amide bonds. The molecule has 0 aliphatic carbocycles. The molecular weight excluding hydrogens is 409 g/mol. The Morgan fingerprint density at radius 2 is 1.93 bits per heavy atom. The highest BCUT2D eigenvalue weighted by Crippen LogP contribution is 2.39. The van der Waals surface area contributed by atoms with Crippen LogP contribution in [0.1, 0.15) is 24.2 Å². The maximum absolute atomic E-state index is 15.0. The van der Waals surface area contributed by atoms with Crippen LogP contribution in [0, 0.1) is 12.7 Å². The smallest absolute Gasteiger partial charge is 0.257 e. The summed E-state index contributed by atoms with van der Waals surface area (Å²) < 4.78 is 17.9. The molecule has 27 heavy (non-hydrogen) atoms. The molecule has 4 aromatic rings. The van der Waals surface area contributed by atoms with Crippen molar-refractivity contribution in [3.63, 3.8) is 0 Å². The molecule has 5 rings (SSSR count). The van der Waals surface area contributed by atoms with Gasteiger partial charge in [-0.1, -0.05) is 28.1 Å². The van der Waals surface area contributed by atoms with E-state index in [0.29, 0.717) is 22.8 Å². The van der Waals surface area contributed by atoms with E-state index in [1.165, 1.54) is 11.6 Å². The van der Waals surface area contributed by atoms with Crippen LogP contribution in [0.3, 0.4) is 0 Å². The molecule has 2 aromatic carbocycles. The molecule has 3 heterocycles. The van der Waals surface area contributed by atoms with Gasteiger partial charge in [0.05, 0.1) is 10.9 Å². The van der Waals surface area contributed by atoms with Crippen LogP contribution in [-0.4, -0.2) is 26.1 Å². The highest BCUT2D eigenvalue weighted by Gasteiger charge is 2.24. The summed E-state index contributed by atoms with van der Waals surface area (Å²) in [4.78, 5) is 6.87. The lowest BCUT2D eigenvalue weighted by atomic mass is 10.1. The second-order valence-electron chi connectivity index (χ2n) is 6.80. The highest BCUT2D eigenvalue weighted by atomic mass is 79.9. The number of hydrogen-bond acceptors (Lipinski definition) is 4. The van der Waals surface area contributed by atoms with Crippen molar-refractivity contribution in [1.82, 2.24) is 19.6 Å². The first-order valence-electron chi connectivity index (χ1n) is 9.00. The Labute approximate surface area is 164 Å². The van der Waals surface area contributed by atoms with Crippen LogP contribution < -0.4 is 4.90 Å². The highest BCUT2D eigenvalue weighted by molar-refractivity contribution is 9.10. The van der Waals surface area contributed by atoms with Gasteiger partial charge in [-0.3, -0.25) is 4.40 Å². The summed E-state index contributed by atoms with van der Waals surface area (Å²) >= 11 is 3.68. The Hall–Kier alpha value is -2.54. The third-order valence-electron chi connectivity index (χ3n) is 5.17. The van der Waals surface area contributed by atoms with Crippen molar-refractivity contribution in [3.05, 3.63) is 58.1 Å². The lowest BCUT2D eigenvalue weighted by Gasteiger charge is -2.26. The summed E-state index contributed by atoms with van der Waals surface area (Å²) in [6, 6.07) is 11.2. The quantitative estimate of drug-likeness (QED) is 0.432. The number of halogens is 2. The number of fused-ring (bicyclic) bond motifs is 4. The molecule has 136 valence electrons. The van der Waals surface area contributed by atoms with Crippen LogP contribution >= 0.6 is 15.9 Å². The van der Waals surface area contributed by atoms with Gasteiger partial charge < -0.3 is 4.90 Å². The lowest BCUT2D eigenvalue weighted by molar-refractivity contribution is 0.638. The predicted molar refractivity (Wildman–Crippen MR) is 107 cm³/mol. The molecule has 0 fully saturated rings. The summed E-state index contributed by atoms with van der Waals surface area (Å²) in [5.74, 6) is 1.50. The molecule has 0 spiro atoms. The lowest BCUT2D eigenvalue weighted by Crippen LogP contribution is -2.20. The molecule has 0 bridgehead atoms. The molecule has 0 radical (unpaired) electrons. The van der Waals surface area contributed by atoms with Crippen molar-refractivity contribution in [2.24, 2.45) is 0 Å². The Morgan fingerprint density at radius 1 is 1.07 bits per heavy atom. The van der Waals surface area contributed by atoms with Crippen molar-refractivity contribution in [1.29, 1.82) is 0 Å². The van der Waals surface area contributed by atoms with E-state index in [1.54, 1.807) is 6.07 Å². The predicted octanol–water partition coefficient (Wildman–Crippen LogP) is 4.96. The van der Waals surface area contributed by atoms with Crippen LogP contribution in [0.15, 0.2) is 40.9 Å². The summed E-state index contributed by atoms with van der Waals surface area (Å²) in [6.07, 6.45) is 3.08. The molecule has 0 saturated heterocycles. The number of nitrogens with zero attached hydrogens (tertiary/aromatic N) is 5. The number of hydrogen-bond donors (Lipinski definition) is 0.